The van der Waals surface area contributed by atoms with Gasteiger partial charge in [0.05, 0.1) is 10.2 Å². The number of thiazole rings is 1. The van der Waals surface area contributed by atoms with E-state index in [2.05, 4.69) is 10.3 Å². The zero-order valence-corrected chi connectivity index (χ0v) is 11.7. The van der Waals surface area contributed by atoms with Crippen molar-refractivity contribution < 1.29 is 4.79 Å². The molecule has 0 radical (unpaired) electrons. The molecule has 0 fully saturated rings. The largest absolute Gasteiger partial charge is 0.399 e. The minimum atomic E-state index is -0.174. The number of benzene rings is 2. The van der Waals surface area contributed by atoms with E-state index < -0.39 is 0 Å². The lowest BCUT2D eigenvalue weighted by Gasteiger charge is -2.04. The van der Waals surface area contributed by atoms with Crippen molar-refractivity contribution in [3.63, 3.8) is 0 Å². The average Bonchev–Trinajstić information content (AvgIpc) is 2.83. The minimum absolute atomic E-state index is 0.174. The summed E-state index contributed by atoms with van der Waals surface area (Å²) in [6.45, 7) is 1.88. The maximum Gasteiger partial charge on any atom is 0.257 e. The summed E-state index contributed by atoms with van der Waals surface area (Å²) in [4.78, 5) is 16.5. The number of carbonyl (C=O) groups is 1. The zero-order chi connectivity index (χ0) is 14.1. The molecule has 100 valence electrons. The number of amides is 1. The fraction of sp³-hybridized carbons (Fsp3) is 0.0667. The SMILES string of the molecule is Cc1cc(C(=O)Nc2nc3ccccc3s2)ccc1N. The van der Waals surface area contributed by atoms with E-state index in [-0.39, 0.29) is 5.91 Å². The second kappa shape index (κ2) is 4.94. The molecule has 1 amide bonds. The van der Waals surface area contributed by atoms with Gasteiger partial charge in [0.25, 0.3) is 5.91 Å². The number of nitrogens with two attached hydrogens (primary N) is 1. The highest BCUT2D eigenvalue weighted by Crippen LogP contribution is 2.26. The molecule has 20 heavy (non-hydrogen) atoms. The highest BCUT2D eigenvalue weighted by atomic mass is 32.1. The lowest BCUT2D eigenvalue weighted by atomic mass is 10.1. The lowest BCUT2D eigenvalue weighted by Crippen LogP contribution is -2.12. The van der Waals surface area contributed by atoms with Gasteiger partial charge in [-0.05, 0) is 42.8 Å². The Morgan fingerprint density at radius 3 is 2.80 bits per heavy atom. The predicted molar refractivity (Wildman–Crippen MR) is 83.2 cm³/mol. The van der Waals surface area contributed by atoms with Crippen LogP contribution in [0.4, 0.5) is 10.8 Å². The van der Waals surface area contributed by atoms with Crippen LogP contribution < -0.4 is 11.1 Å². The first kappa shape index (κ1) is 12.6. The summed E-state index contributed by atoms with van der Waals surface area (Å²) < 4.78 is 1.05. The second-order valence-electron chi connectivity index (χ2n) is 4.51. The normalized spacial score (nSPS) is 10.7. The summed E-state index contributed by atoms with van der Waals surface area (Å²) in [6.07, 6.45) is 0. The summed E-state index contributed by atoms with van der Waals surface area (Å²) in [6, 6.07) is 13.0. The standard InChI is InChI=1S/C15H13N3OS/c1-9-8-10(6-7-11(9)16)14(19)18-15-17-12-4-2-3-5-13(12)20-15/h2-8H,16H2,1H3,(H,17,18,19). The molecule has 0 saturated carbocycles. The molecule has 1 aromatic heterocycles. The van der Waals surface area contributed by atoms with Crippen molar-refractivity contribution in [3.05, 3.63) is 53.6 Å². The molecule has 0 aliphatic rings. The van der Waals surface area contributed by atoms with E-state index in [1.165, 1.54) is 11.3 Å². The Morgan fingerprint density at radius 2 is 2.05 bits per heavy atom. The number of aromatic nitrogens is 1. The number of anilines is 2. The molecule has 2 aromatic carbocycles. The smallest absolute Gasteiger partial charge is 0.257 e. The second-order valence-corrected chi connectivity index (χ2v) is 5.54. The van der Waals surface area contributed by atoms with Crippen molar-refractivity contribution in [1.82, 2.24) is 4.98 Å². The van der Waals surface area contributed by atoms with E-state index in [0.29, 0.717) is 16.4 Å². The summed E-state index contributed by atoms with van der Waals surface area (Å²) >= 11 is 1.46. The molecule has 0 spiro atoms. The van der Waals surface area contributed by atoms with Crippen molar-refractivity contribution in [2.75, 3.05) is 11.1 Å². The summed E-state index contributed by atoms with van der Waals surface area (Å²) in [5.74, 6) is -0.174. The van der Waals surface area contributed by atoms with Crippen LogP contribution in [0.5, 0.6) is 0 Å². The summed E-state index contributed by atoms with van der Waals surface area (Å²) in [5, 5.41) is 3.42. The van der Waals surface area contributed by atoms with Gasteiger partial charge in [0.1, 0.15) is 0 Å². The third kappa shape index (κ3) is 2.35. The van der Waals surface area contributed by atoms with Crippen molar-refractivity contribution in [1.29, 1.82) is 0 Å². The van der Waals surface area contributed by atoms with Gasteiger partial charge in [0.15, 0.2) is 5.13 Å². The highest BCUT2D eigenvalue weighted by molar-refractivity contribution is 7.22. The molecule has 4 nitrogen and oxygen atoms in total. The van der Waals surface area contributed by atoms with Gasteiger partial charge < -0.3 is 5.73 Å². The topological polar surface area (TPSA) is 68.0 Å². The fourth-order valence-corrected chi connectivity index (χ4v) is 2.77. The van der Waals surface area contributed by atoms with Crippen molar-refractivity contribution in [3.8, 4) is 0 Å². The van der Waals surface area contributed by atoms with Crippen LogP contribution in [0.2, 0.25) is 0 Å². The van der Waals surface area contributed by atoms with Crippen LogP contribution in [-0.4, -0.2) is 10.9 Å². The molecule has 0 aliphatic carbocycles. The molecule has 3 aromatic rings. The molecular weight excluding hydrogens is 270 g/mol. The lowest BCUT2D eigenvalue weighted by molar-refractivity contribution is 0.102. The number of fused-ring (bicyclic) bond motifs is 1. The van der Waals surface area contributed by atoms with Gasteiger partial charge in [-0.15, -0.1) is 0 Å². The molecule has 0 aliphatic heterocycles. The molecular formula is C15H13N3OS. The van der Waals surface area contributed by atoms with E-state index in [4.69, 9.17) is 5.73 Å². The van der Waals surface area contributed by atoms with Gasteiger partial charge in [0, 0.05) is 11.3 Å². The molecule has 0 saturated heterocycles. The summed E-state index contributed by atoms with van der Waals surface area (Å²) in [5.41, 5.74) is 8.79. The van der Waals surface area contributed by atoms with Gasteiger partial charge in [0.2, 0.25) is 0 Å². The Labute approximate surface area is 120 Å². The Morgan fingerprint density at radius 1 is 1.25 bits per heavy atom. The van der Waals surface area contributed by atoms with E-state index in [1.807, 2.05) is 31.2 Å². The third-order valence-electron chi connectivity index (χ3n) is 3.05. The average molecular weight is 283 g/mol. The summed E-state index contributed by atoms with van der Waals surface area (Å²) in [7, 11) is 0. The Balaban J connectivity index is 1.86. The first-order valence-electron chi connectivity index (χ1n) is 6.16. The number of para-hydroxylation sites is 1. The number of nitrogens with zero attached hydrogens (tertiary/aromatic N) is 1. The van der Waals surface area contributed by atoms with Gasteiger partial charge in [-0.3, -0.25) is 10.1 Å². The number of carbonyl (C=O) groups excluding carboxylic acids is 1. The maximum atomic E-state index is 12.2. The molecule has 0 bridgehead atoms. The Bertz CT molecular complexity index is 762. The van der Waals surface area contributed by atoms with Gasteiger partial charge in [-0.25, -0.2) is 4.98 Å². The number of hydrogen-bond donors (Lipinski definition) is 2. The van der Waals surface area contributed by atoms with E-state index in [1.54, 1.807) is 18.2 Å². The van der Waals surface area contributed by atoms with E-state index >= 15 is 0 Å². The number of nitrogens with one attached hydrogen (secondary N) is 1. The van der Waals surface area contributed by atoms with Crippen molar-refractivity contribution in [2.24, 2.45) is 0 Å². The van der Waals surface area contributed by atoms with Crippen LogP contribution in [0.15, 0.2) is 42.5 Å². The van der Waals surface area contributed by atoms with Crippen LogP contribution in [0, 0.1) is 6.92 Å². The number of aryl methyl sites for hydroxylation is 1. The van der Waals surface area contributed by atoms with E-state index in [9.17, 15) is 4.79 Å². The monoisotopic (exact) mass is 283 g/mol. The van der Waals surface area contributed by atoms with Crippen LogP contribution in [0.1, 0.15) is 15.9 Å². The van der Waals surface area contributed by atoms with Gasteiger partial charge >= 0.3 is 0 Å². The van der Waals surface area contributed by atoms with Crippen molar-refractivity contribution in [2.45, 2.75) is 6.92 Å². The third-order valence-corrected chi connectivity index (χ3v) is 4.00. The molecule has 5 heteroatoms. The Hall–Kier alpha value is -2.40. The molecule has 3 N–H and O–H groups in total. The number of nitrogen functional groups attached to an aromatic ring is 1. The number of rotatable bonds is 2. The van der Waals surface area contributed by atoms with Crippen LogP contribution in [0.3, 0.4) is 0 Å². The highest BCUT2D eigenvalue weighted by Gasteiger charge is 2.10. The quantitative estimate of drug-likeness (QED) is 0.708. The predicted octanol–water partition coefficient (Wildman–Crippen LogP) is 3.44. The fourth-order valence-electron chi connectivity index (χ4n) is 1.91. The first-order valence-corrected chi connectivity index (χ1v) is 6.98. The molecule has 0 atom stereocenters. The van der Waals surface area contributed by atoms with Gasteiger partial charge in [-0.1, -0.05) is 23.5 Å². The van der Waals surface area contributed by atoms with Crippen molar-refractivity contribution >= 4 is 38.3 Å². The Kier molecular flexibility index (Phi) is 3.12. The van der Waals surface area contributed by atoms with E-state index in [0.717, 1.165) is 15.8 Å². The zero-order valence-electron chi connectivity index (χ0n) is 10.9. The maximum absolute atomic E-state index is 12.2. The van der Waals surface area contributed by atoms with Crippen LogP contribution in [-0.2, 0) is 0 Å². The van der Waals surface area contributed by atoms with Crippen LogP contribution >= 0.6 is 11.3 Å². The van der Waals surface area contributed by atoms with Crippen LogP contribution in [0.25, 0.3) is 10.2 Å². The minimum Gasteiger partial charge on any atom is -0.399 e. The molecule has 1 heterocycles. The number of hydrogen-bond acceptors (Lipinski definition) is 4. The molecule has 0 unspecified atom stereocenters. The first-order chi connectivity index (χ1) is 9.63. The van der Waals surface area contributed by atoms with Gasteiger partial charge in [-0.2, -0.15) is 0 Å². The molecule has 3 rings (SSSR count).